The molecule has 1 fully saturated rings. The highest BCUT2D eigenvalue weighted by Crippen LogP contribution is 2.15. The second-order valence-electron chi connectivity index (χ2n) is 4.78. The van der Waals surface area contributed by atoms with E-state index in [4.69, 9.17) is 9.68 Å². The number of rotatable bonds is 6. The van der Waals surface area contributed by atoms with Gasteiger partial charge >= 0.3 is 0 Å². The minimum absolute atomic E-state index is 0.0728. The van der Waals surface area contributed by atoms with Gasteiger partial charge in [-0.15, -0.1) is 0 Å². The molecule has 0 aromatic carbocycles. The van der Waals surface area contributed by atoms with Crippen LogP contribution in [0.1, 0.15) is 23.4 Å². The zero-order chi connectivity index (χ0) is 15.1. The van der Waals surface area contributed by atoms with Gasteiger partial charge in [0.05, 0.1) is 18.9 Å². The Morgan fingerprint density at radius 3 is 3.05 bits per heavy atom. The monoisotopic (exact) mass is 290 g/mol. The molecule has 1 aromatic heterocycles. The van der Waals surface area contributed by atoms with E-state index in [9.17, 15) is 9.59 Å². The summed E-state index contributed by atoms with van der Waals surface area (Å²) < 4.78 is 4.96. The van der Waals surface area contributed by atoms with E-state index in [1.165, 1.54) is 6.26 Å². The Hall–Kier alpha value is -2.33. The van der Waals surface area contributed by atoms with Gasteiger partial charge in [0, 0.05) is 19.6 Å². The standard InChI is InChI=1S/C14H18N4O3/c15-9-11-3-1-7-18(11)13(19)10-16-5-6-17-14(20)12-4-2-8-21-12/h2,4,8,11,16H,1,3,5-7,10H2,(H,17,20)/t11-/m0/s1. The van der Waals surface area contributed by atoms with Crippen molar-refractivity contribution in [3.05, 3.63) is 24.2 Å². The zero-order valence-corrected chi connectivity index (χ0v) is 11.7. The predicted molar refractivity (Wildman–Crippen MR) is 74.3 cm³/mol. The van der Waals surface area contributed by atoms with E-state index >= 15 is 0 Å². The molecule has 2 heterocycles. The van der Waals surface area contributed by atoms with Crippen LogP contribution in [-0.4, -0.2) is 48.9 Å². The Kier molecular flexibility index (Phi) is 5.35. The van der Waals surface area contributed by atoms with Crippen molar-refractivity contribution in [2.24, 2.45) is 0 Å². The molecule has 0 aliphatic carbocycles. The molecular weight excluding hydrogens is 272 g/mol. The minimum atomic E-state index is -0.294. The van der Waals surface area contributed by atoms with Crippen molar-refractivity contribution in [1.29, 1.82) is 5.26 Å². The molecule has 7 nitrogen and oxygen atoms in total. The zero-order valence-electron chi connectivity index (χ0n) is 11.7. The number of nitrogens with zero attached hydrogens (tertiary/aromatic N) is 2. The van der Waals surface area contributed by atoms with Gasteiger partial charge in [-0.25, -0.2) is 0 Å². The summed E-state index contributed by atoms with van der Waals surface area (Å²) in [6.45, 7) is 1.69. The highest BCUT2D eigenvalue weighted by molar-refractivity contribution is 5.91. The first-order valence-corrected chi connectivity index (χ1v) is 6.94. The van der Waals surface area contributed by atoms with Gasteiger partial charge in [-0.3, -0.25) is 9.59 Å². The summed E-state index contributed by atoms with van der Waals surface area (Å²) in [5, 5.41) is 14.6. The van der Waals surface area contributed by atoms with Gasteiger partial charge in [-0.05, 0) is 25.0 Å². The Bertz CT molecular complexity index is 521. The van der Waals surface area contributed by atoms with Gasteiger partial charge in [0.1, 0.15) is 6.04 Å². The molecule has 0 radical (unpaired) electrons. The van der Waals surface area contributed by atoms with Crippen LogP contribution in [0.2, 0.25) is 0 Å². The molecule has 112 valence electrons. The maximum atomic E-state index is 11.9. The summed E-state index contributed by atoms with van der Waals surface area (Å²) >= 11 is 0. The highest BCUT2D eigenvalue weighted by Gasteiger charge is 2.27. The molecule has 2 amide bonds. The molecule has 1 aliphatic rings. The second-order valence-corrected chi connectivity index (χ2v) is 4.78. The van der Waals surface area contributed by atoms with Crippen LogP contribution in [0.25, 0.3) is 0 Å². The molecule has 0 spiro atoms. The van der Waals surface area contributed by atoms with E-state index in [0.29, 0.717) is 19.6 Å². The molecule has 1 saturated heterocycles. The molecule has 1 atom stereocenters. The third kappa shape index (κ3) is 4.07. The van der Waals surface area contributed by atoms with Crippen molar-refractivity contribution in [1.82, 2.24) is 15.5 Å². The molecule has 1 aromatic rings. The highest BCUT2D eigenvalue weighted by atomic mass is 16.3. The average Bonchev–Trinajstić information content (AvgIpc) is 3.17. The van der Waals surface area contributed by atoms with Crippen molar-refractivity contribution in [2.75, 3.05) is 26.2 Å². The lowest BCUT2D eigenvalue weighted by Crippen LogP contribution is -2.42. The molecule has 0 unspecified atom stereocenters. The summed E-state index contributed by atoms with van der Waals surface area (Å²) in [4.78, 5) is 25.1. The van der Waals surface area contributed by atoms with Gasteiger partial charge in [-0.2, -0.15) is 5.26 Å². The van der Waals surface area contributed by atoms with E-state index in [2.05, 4.69) is 16.7 Å². The summed E-state index contributed by atoms with van der Waals surface area (Å²) in [7, 11) is 0. The normalized spacial score (nSPS) is 17.5. The fourth-order valence-electron chi connectivity index (χ4n) is 2.26. The fraction of sp³-hybridized carbons (Fsp3) is 0.500. The molecular formula is C14H18N4O3. The van der Waals surface area contributed by atoms with Gasteiger partial charge in [0.15, 0.2) is 5.76 Å². The maximum absolute atomic E-state index is 11.9. The van der Waals surface area contributed by atoms with Crippen LogP contribution in [0.15, 0.2) is 22.8 Å². The third-order valence-electron chi connectivity index (χ3n) is 3.33. The molecule has 2 rings (SSSR count). The van der Waals surface area contributed by atoms with Crippen molar-refractivity contribution in [3.8, 4) is 6.07 Å². The average molecular weight is 290 g/mol. The summed E-state index contributed by atoms with van der Waals surface area (Å²) in [5.74, 6) is -0.0892. The van der Waals surface area contributed by atoms with Crippen molar-refractivity contribution >= 4 is 11.8 Å². The van der Waals surface area contributed by atoms with E-state index in [1.807, 2.05) is 0 Å². The Morgan fingerprint density at radius 1 is 1.48 bits per heavy atom. The number of carbonyl (C=O) groups is 2. The first kappa shape index (κ1) is 15.1. The SMILES string of the molecule is N#C[C@@H]1CCCN1C(=O)CNCCNC(=O)c1ccco1. The van der Waals surface area contributed by atoms with Crippen LogP contribution in [0.4, 0.5) is 0 Å². The quantitative estimate of drug-likeness (QED) is 0.725. The maximum Gasteiger partial charge on any atom is 0.287 e. The van der Waals surface area contributed by atoms with Gasteiger partial charge < -0.3 is 20.0 Å². The summed E-state index contributed by atoms with van der Waals surface area (Å²) in [6, 6.07) is 5.07. The number of hydrogen-bond acceptors (Lipinski definition) is 5. The van der Waals surface area contributed by atoms with Crippen LogP contribution < -0.4 is 10.6 Å². The van der Waals surface area contributed by atoms with E-state index in [1.54, 1.807) is 17.0 Å². The Balaban J connectivity index is 1.61. The molecule has 21 heavy (non-hydrogen) atoms. The number of hydrogen-bond donors (Lipinski definition) is 2. The summed E-state index contributed by atoms with van der Waals surface area (Å²) in [6.07, 6.45) is 3.07. The number of furan rings is 1. The summed E-state index contributed by atoms with van der Waals surface area (Å²) in [5.41, 5.74) is 0. The molecule has 0 bridgehead atoms. The number of amides is 2. The van der Waals surface area contributed by atoms with Crippen molar-refractivity contribution in [3.63, 3.8) is 0 Å². The number of nitrogens with one attached hydrogen (secondary N) is 2. The van der Waals surface area contributed by atoms with E-state index in [-0.39, 0.29) is 30.2 Å². The van der Waals surface area contributed by atoms with Crippen LogP contribution in [0.3, 0.4) is 0 Å². The van der Waals surface area contributed by atoms with Crippen molar-refractivity contribution < 1.29 is 14.0 Å². The molecule has 2 N–H and O–H groups in total. The lowest BCUT2D eigenvalue weighted by Gasteiger charge is -2.19. The number of likely N-dealkylation sites (tertiary alicyclic amines) is 1. The first-order valence-electron chi connectivity index (χ1n) is 6.94. The fourth-order valence-corrected chi connectivity index (χ4v) is 2.26. The van der Waals surface area contributed by atoms with Crippen LogP contribution >= 0.6 is 0 Å². The van der Waals surface area contributed by atoms with Crippen LogP contribution in [-0.2, 0) is 4.79 Å². The lowest BCUT2D eigenvalue weighted by atomic mass is 10.2. The number of carbonyl (C=O) groups excluding carboxylic acids is 2. The van der Waals surface area contributed by atoms with Crippen LogP contribution in [0, 0.1) is 11.3 Å². The van der Waals surface area contributed by atoms with Gasteiger partial charge in [-0.1, -0.05) is 0 Å². The van der Waals surface area contributed by atoms with E-state index in [0.717, 1.165) is 12.8 Å². The lowest BCUT2D eigenvalue weighted by molar-refractivity contribution is -0.130. The third-order valence-corrected chi connectivity index (χ3v) is 3.33. The second kappa shape index (κ2) is 7.45. The first-order chi connectivity index (χ1) is 10.2. The van der Waals surface area contributed by atoms with E-state index < -0.39 is 0 Å². The topological polar surface area (TPSA) is 98.4 Å². The molecule has 0 saturated carbocycles. The Labute approximate surface area is 122 Å². The van der Waals surface area contributed by atoms with Gasteiger partial charge in [0.25, 0.3) is 5.91 Å². The largest absolute Gasteiger partial charge is 0.459 e. The minimum Gasteiger partial charge on any atom is -0.459 e. The van der Waals surface area contributed by atoms with Gasteiger partial charge in [0.2, 0.25) is 5.91 Å². The number of nitriles is 1. The predicted octanol–water partition coefficient (Wildman–Crippen LogP) is 0.114. The van der Waals surface area contributed by atoms with Crippen molar-refractivity contribution in [2.45, 2.75) is 18.9 Å². The Morgan fingerprint density at radius 2 is 2.33 bits per heavy atom. The van der Waals surface area contributed by atoms with Crippen LogP contribution in [0.5, 0.6) is 0 Å². The molecule has 1 aliphatic heterocycles. The smallest absolute Gasteiger partial charge is 0.287 e. The molecule has 7 heteroatoms.